The minimum absolute atomic E-state index is 0.240. The van der Waals surface area contributed by atoms with Crippen LogP contribution in [0.15, 0.2) is 104 Å². The van der Waals surface area contributed by atoms with Gasteiger partial charge in [-0.05, 0) is 71.5 Å². The largest absolute Gasteiger partial charge is 0.490 e. The SMILES string of the molecule is CCOc1cc(C=Nn2c(-c3ccccc3)nc3ccccc3c2=O)cc(I)c1OCc1ccc(Br)cc1Br. The van der Waals surface area contributed by atoms with Crippen LogP contribution in [0.25, 0.3) is 22.3 Å². The van der Waals surface area contributed by atoms with Crippen molar-refractivity contribution in [2.24, 2.45) is 5.10 Å². The van der Waals surface area contributed by atoms with E-state index < -0.39 is 0 Å². The third-order valence-electron chi connectivity index (χ3n) is 5.83. The Morgan fingerprint density at radius 2 is 1.74 bits per heavy atom. The van der Waals surface area contributed by atoms with Crippen LogP contribution in [-0.2, 0) is 6.61 Å². The van der Waals surface area contributed by atoms with Gasteiger partial charge in [0, 0.05) is 20.1 Å². The summed E-state index contributed by atoms with van der Waals surface area (Å²) in [5, 5.41) is 5.10. The monoisotopic (exact) mass is 757 g/mol. The van der Waals surface area contributed by atoms with E-state index in [9.17, 15) is 4.79 Å². The summed E-state index contributed by atoms with van der Waals surface area (Å²) >= 11 is 9.30. The number of halogens is 3. The molecule has 0 bridgehead atoms. The molecule has 5 aromatic rings. The van der Waals surface area contributed by atoms with E-state index in [1.54, 1.807) is 12.3 Å². The fourth-order valence-electron chi connectivity index (χ4n) is 3.98. The normalized spacial score (nSPS) is 11.3. The summed E-state index contributed by atoms with van der Waals surface area (Å²) in [6.45, 7) is 2.77. The average Bonchev–Trinajstić information content (AvgIpc) is 2.93. The maximum atomic E-state index is 13.5. The lowest BCUT2D eigenvalue weighted by Crippen LogP contribution is -2.20. The van der Waals surface area contributed by atoms with Crippen LogP contribution < -0.4 is 15.0 Å². The van der Waals surface area contributed by atoms with Gasteiger partial charge in [-0.2, -0.15) is 9.78 Å². The highest BCUT2D eigenvalue weighted by Crippen LogP contribution is 2.35. The maximum Gasteiger partial charge on any atom is 0.282 e. The zero-order valence-corrected chi connectivity index (χ0v) is 26.1. The quantitative estimate of drug-likeness (QED) is 0.119. The molecule has 5 rings (SSSR count). The number of fused-ring (bicyclic) bond motifs is 1. The number of aromatic nitrogens is 2. The Balaban J connectivity index is 1.52. The Kier molecular flexibility index (Phi) is 8.79. The van der Waals surface area contributed by atoms with Crippen LogP contribution in [-0.4, -0.2) is 22.5 Å². The molecule has 6 nitrogen and oxygen atoms in total. The second-order valence-electron chi connectivity index (χ2n) is 8.47. The molecular weight excluding hydrogens is 737 g/mol. The molecule has 0 unspecified atom stereocenters. The molecule has 196 valence electrons. The first kappa shape index (κ1) is 27.5. The Labute approximate surface area is 256 Å². The van der Waals surface area contributed by atoms with Gasteiger partial charge in [0.25, 0.3) is 5.56 Å². The van der Waals surface area contributed by atoms with Crippen molar-refractivity contribution in [3.63, 3.8) is 0 Å². The van der Waals surface area contributed by atoms with Crippen molar-refractivity contribution in [1.29, 1.82) is 0 Å². The topological polar surface area (TPSA) is 65.7 Å². The molecule has 1 aromatic heterocycles. The predicted molar refractivity (Wildman–Crippen MR) is 171 cm³/mol. The number of hydrogen-bond donors (Lipinski definition) is 0. The fourth-order valence-corrected chi connectivity index (χ4v) is 5.93. The van der Waals surface area contributed by atoms with E-state index in [0.717, 1.165) is 29.2 Å². The Hall–Kier alpha value is -3.02. The highest BCUT2D eigenvalue weighted by molar-refractivity contribution is 14.1. The van der Waals surface area contributed by atoms with Crippen LogP contribution in [0.3, 0.4) is 0 Å². The smallest absolute Gasteiger partial charge is 0.282 e. The minimum atomic E-state index is -0.240. The zero-order valence-electron chi connectivity index (χ0n) is 20.8. The van der Waals surface area contributed by atoms with Crippen molar-refractivity contribution in [3.05, 3.63) is 119 Å². The van der Waals surface area contributed by atoms with Gasteiger partial charge in [-0.25, -0.2) is 4.98 Å². The van der Waals surface area contributed by atoms with Crippen molar-refractivity contribution in [3.8, 4) is 22.9 Å². The molecule has 0 saturated carbocycles. The molecular formula is C30H22Br2IN3O3. The zero-order chi connectivity index (χ0) is 27.4. The van der Waals surface area contributed by atoms with E-state index in [-0.39, 0.29) is 5.56 Å². The number of benzene rings is 4. The summed E-state index contributed by atoms with van der Waals surface area (Å²) in [7, 11) is 0. The van der Waals surface area contributed by atoms with Crippen molar-refractivity contribution >= 4 is 71.6 Å². The first-order valence-electron chi connectivity index (χ1n) is 12.1. The van der Waals surface area contributed by atoms with Gasteiger partial charge >= 0.3 is 0 Å². The third kappa shape index (κ3) is 6.26. The van der Waals surface area contributed by atoms with Gasteiger partial charge in [-0.1, -0.05) is 80.4 Å². The van der Waals surface area contributed by atoms with Crippen molar-refractivity contribution < 1.29 is 9.47 Å². The first-order valence-corrected chi connectivity index (χ1v) is 14.8. The van der Waals surface area contributed by atoms with Gasteiger partial charge in [0.2, 0.25) is 0 Å². The fraction of sp³-hybridized carbons (Fsp3) is 0.100. The van der Waals surface area contributed by atoms with Crippen LogP contribution in [0.2, 0.25) is 0 Å². The summed E-state index contributed by atoms with van der Waals surface area (Å²) < 4.78 is 16.3. The van der Waals surface area contributed by atoms with Gasteiger partial charge in [0.1, 0.15) is 6.61 Å². The van der Waals surface area contributed by atoms with Crippen molar-refractivity contribution in [1.82, 2.24) is 9.66 Å². The van der Waals surface area contributed by atoms with Gasteiger partial charge in [0.15, 0.2) is 17.3 Å². The molecule has 0 fully saturated rings. The van der Waals surface area contributed by atoms with E-state index >= 15 is 0 Å². The molecule has 9 heteroatoms. The third-order valence-corrected chi connectivity index (χ3v) is 7.86. The summed E-state index contributed by atoms with van der Waals surface area (Å²) in [5.74, 6) is 1.72. The van der Waals surface area contributed by atoms with Gasteiger partial charge in [-0.3, -0.25) is 4.79 Å². The Morgan fingerprint density at radius 1 is 0.974 bits per heavy atom. The molecule has 0 aliphatic heterocycles. The molecule has 0 aliphatic rings. The number of nitrogens with zero attached hydrogens (tertiary/aromatic N) is 3. The van der Waals surface area contributed by atoms with E-state index in [0.29, 0.717) is 41.4 Å². The summed E-state index contributed by atoms with van der Waals surface area (Å²) in [4.78, 5) is 18.2. The minimum Gasteiger partial charge on any atom is -0.490 e. The lowest BCUT2D eigenvalue weighted by atomic mass is 10.2. The maximum absolute atomic E-state index is 13.5. The van der Waals surface area contributed by atoms with Crippen LogP contribution in [0.1, 0.15) is 18.1 Å². The van der Waals surface area contributed by atoms with Gasteiger partial charge < -0.3 is 9.47 Å². The summed E-state index contributed by atoms with van der Waals surface area (Å²) in [6, 6.07) is 26.6. The highest BCUT2D eigenvalue weighted by Gasteiger charge is 2.15. The lowest BCUT2D eigenvalue weighted by molar-refractivity contribution is 0.267. The molecule has 4 aromatic carbocycles. The Morgan fingerprint density at radius 3 is 2.51 bits per heavy atom. The summed E-state index contributed by atoms with van der Waals surface area (Å²) in [5.41, 5.74) is 2.96. The van der Waals surface area contributed by atoms with Crippen LogP contribution >= 0.6 is 54.5 Å². The second kappa shape index (κ2) is 12.4. The Bertz CT molecular complexity index is 1740. The number of rotatable bonds is 8. The molecule has 1 heterocycles. The number of hydrogen-bond acceptors (Lipinski definition) is 5. The number of ether oxygens (including phenoxy) is 2. The number of para-hydroxylation sites is 1. The van der Waals surface area contributed by atoms with Crippen LogP contribution in [0, 0.1) is 3.57 Å². The van der Waals surface area contributed by atoms with E-state index in [4.69, 9.17) is 14.5 Å². The molecule has 0 saturated heterocycles. The lowest BCUT2D eigenvalue weighted by Gasteiger charge is -2.15. The summed E-state index contributed by atoms with van der Waals surface area (Å²) in [6.07, 6.45) is 1.64. The van der Waals surface area contributed by atoms with Crippen molar-refractivity contribution in [2.75, 3.05) is 6.61 Å². The second-order valence-corrected chi connectivity index (χ2v) is 11.4. The predicted octanol–water partition coefficient (Wildman–Crippen LogP) is 8.05. The highest BCUT2D eigenvalue weighted by atomic mass is 127. The molecule has 0 N–H and O–H groups in total. The molecule has 0 radical (unpaired) electrons. The molecule has 0 aliphatic carbocycles. The van der Waals surface area contributed by atoms with E-state index in [2.05, 4.69) is 59.6 Å². The average molecular weight is 759 g/mol. The molecule has 0 atom stereocenters. The van der Waals surface area contributed by atoms with Crippen LogP contribution in [0.4, 0.5) is 0 Å². The first-order chi connectivity index (χ1) is 18.9. The molecule has 0 amide bonds. The van der Waals surface area contributed by atoms with Crippen molar-refractivity contribution in [2.45, 2.75) is 13.5 Å². The molecule has 39 heavy (non-hydrogen) atoms. The molecule has 0 spiro atoms. The van der Waals surface area contributed by atoms with Gasteiger partial charge in [-0.15, -0.1) is 0 Å². The van der Waals surface area contributed by atoms with E-state index in [1.165, 1.54) is 4.68 Å². The van der Waals surface area contributed by atoms with Crippen LogP contribution in [0.5, 0.6) is 11.5 Å². The van der Waals surface area contributed by atoms with E-state index in [1.807, 2.05) is 85.8 Å². The van der Waals surface area contributed by atoms with Gasteiger partial charge in [0.05, 0.1) is 27.3 Å². The standard InChI is InChI=1S/C30H22Br2IN3O3/c1-2-38-27-15-19(14-25(33)28(27)39-18-21-12-13-22(31)16-24(21)32)17-34-36-29(20-8-4-3-5-9-20)35-26-11-7-6-10-23(26)30(36)37/h3-17H,2,18H2,1H3.